The molecule has 0 atom stereocenters. The molecule has 0 N–H and O–H groups in total. The predicted octanol–water partition coefficient (Wildman–Crippen LogP) is 2.31. The van der Waals surface area contributed by atoms with Crippen LogP contribution in [0.4, 0.5) is 11.8 Å². The van der Waals surface area contributed by atoms with Gasteiger partial charge >= 0.3 is 0 Å². The van der Waals surface area contributed by atoms with Crippen LogP contribution in [0.1, 0.15) is 17.5 Å². The topological polar surface area (TPSA) is 50.7 Å². The third kappa shape index (κ3) is 3.28. The summed E-state index contributed by atoms with van der Waals surface area (Å²) in [4.78, 5) is 14.8. The van der Waals surface area contributed by atoms with E-state index in [2.05, 4.69) is 34.1 Å². The molecule has 1 aromatic heterocycles. The SMILES string of the molecule is c1ccc2c(c1)CCCc1c-2nc(N2CCOCC2)nc1N1CCOCC1. The summed E-state index contributed by atoms with van der Waals surface area (Å²) in [5.41, 5.74) is 5.10. The van der Waals surface area contributed by atoms with Crippen LogP contribution in [0.25, 0.3) is 11.3 Å². The van der Waals surface area contributed by atoms with E-state index < -0.39 is 0 Å². The molecule has 3 heterocycles. The van der Waals surface area contributed by atoms with Crippen LogP contribution >= 0.6 is 0 Å². The van der Waals surface area contributed by atoms with Gasteiger partial charge in [0.05, 0.1) is 32.1 Å². The summed E-state index contributed by atoms with van der Waals surface area (Å²) in [5.74, 6) is 1.96. The summed E-state index contributed by atoms with van der Waals surface area (Å²) in [6.07, 6.45) is 3.27. The van der Waals surface area contributed by atoms with Gasteiger partial charge in [-0.2, -0.15) is 4.98 Å². The smallest absolute Gasteiger partial charge is 0.228 e. The van der Waals surface area contributed by atoms with Crippen LogP contribution in [0.15, 0.2) is 24.3 Å². The number of hydrogen-bond donors (Lipinski definition) is 0. The Balaban J connectivity index is 1.66. The number of rotatable bonds is 2. The summed E-state index contributed by atoms with van der Waals surface area (Å²) >= 11 is 0. The van der Waals surface area contributed by atoms with Gasteiger partial charge in [0.15, 0.2) is 0 Å². The van der Waals surface area contributed by atoms with Crippen molar-refractivity contribution in [3.8, 4) is 11.3 Å². The zero-order valence-electron chi connectivity index (χ0n) is 15.7. The van der Waals surface area contributed by atoms with Gasteiger partial charge in [-0.1, -0.05) is 24.3 Å². The maximum Gasteiger partial charge on any atom is 0.228 e. The molecule has 1 aromatic carbocycles. The van der Waals surface area contributed by atoms with Crippen LogP contribution in [0.3, 0.4) is 0 Å². The van der Waals surface area contributed by atoms with Gasteiger partial charge in [-0.25, -0.2) is 4.98 Å². The van der Waals surface area contributed by atoms with Gasteiger partial charge in [-0.05, 0) is 24.8 Å². The Morgan fingerprint density at radius 1 is 0.778 bits per heavy atom. The second-order valence-corrected chi connectivity index (χ2v) is 7.38. The van der Waals surface area contributed by atoms with Crippen molar-refractivity contribution in [3.05, 3.63) is 35.4 Å². The molecule has 3 aliphatic rings. The van der Waals surface area contributed by atoms with Crippen molar-refractivity contribution in [2.75, 3.05) is 62.4 Å². The maximum atomic E-state index is 5.58. The fourth-order valence-electron chi connectivity index (χ4n) is 4.28. The Labute approximate surface area is 160 Å². The molecule has 0 saturated carbocycles. The lowest BCUT2D eigenvalue weighted by molar-refractivity contribution is 0.121. The minimum Gasteiger partial charge on any atom is -0.378 e. The van der Waals surface area contributed by atoms with Gasteiger partial charge in [-0.3, -0.25) is 0 Å². The normalized spacial score (nSPS) is 20.0. The lowest BCUT2D eigenvalue weighted by Crippen LogP contribution is -2.40. The molecule has 0 radical (unpaired) electrons. The van der Waals surface area contributed by atoms with Crippen LogP contribution in [-0.2, 0) is 22.3 Å². The first-order valence-corrected chi connectivity index (χ1v) is 10.0. The van der Waals surface area contributed by atoms with Gasteiger partial charge in [0.2, 0.25) is 5.95 Å². The number of benzene rings is 1. The predicted molar refractivity (Wildman–Crippen MR) is 106 cm³/mol. The van der Waals surface area contributed by atoms with E-state index in [1.54, 1.807) is 0 Å². The molecule has 6 heteroatoms. The Morgan fingerprint density at radius 3 is 2.26 bits per heavy atom. The van der Waals surface area contributed by atoms with Crippen LogP contribution in [-0.4, -0.2) is 62.6 Å². The molecule has 2 aromatic rings. The van der Waals surface area contributed by atoms with E-state index in [4.69, 9.17) is 19.4 Å². The minimum atomic E-state index is 0.740. The largest absolute Gasteiger partial charge is 0.378 e. The van der Waals surface area contributed by atoms with Gasteiger partial charge in [-0.15, -0.1) is 0 Å². The second kappa shape index (κ2) is 7.44. The molecule has 5 rings (SSSR count). The lowest BCUT2D eigenvalue weighted by Gasteiger charge is -2.32. The van der Waals surface area contributed by atoms with Crippen LogP contribution in [0.5, 0.6) is 0 Å². The standard InChI is InChI=1S/C21H26N4O2/c1-2-6-17-16(4-1)5-3-7-18-19(17)22-21(25-10-14-27-15-11-25)23-20(18)24-8-12-26-13-9-24/h1-2,4,6H,3,5,7-15H2. The molecule has 6 nitrogen and oxygen atoms in total. The summed E-state index contributed by atoms with van der Waals surface area (Å²) in [6, 6.07) is 8.73. The van der Waals surface area contributed by atoms with Gasteiger partial charge < -0.3 is 19.3 Å². The molecular weight excluding hydrogens is 340 g/mol. The number of anilines is 2. The lowest BCUT2D eigenvalue weighted by atomic mass is 10.0. The van der Waals surface area contributed by atoms with E-state index in [9.17, 15) is 0 Å². The first kappa shape index (κ1) is 17.0. The Bertz CT molecular complexity index is 814. The molecular formula is C21H26N4O2. The van der Waals surface area contributed by atoms with Crippen LogP contribution < -0.4 is 9.80 Å². The molecule has 2 saturated heterocycles. The third-order valence-electron chi connectivity index (χ3n) is 5.72. The summed E-state index contributed by atoms with van der Waals surface area (Å²) < 4.78 is 11.1. The average molecular weight is 366 g/mol. The summed E-state index contributed by atoms with van der Waals surface area (Å²) in [6.45, 7) is 6.51. The van der Waals surface area contributed by atoms with Crippen LogP contribution in [0.2, 0.25) is 0 Å². The summed E-state index contributed by atoms with van der Waals surface area (Å²) in [7, 11) is 0. The van der Waals surface area contributed by atoms with E-state index in [0.717, 1.165) is 89.3 Å². The number of aromatic nitrogens is 2. The molecule has 0 bridgehead atoms. The molecule has 2 aliphatic heterocycles. The number of hydrogen-bond acceptors (Lipinski definition) is 6. The minimum absolute atomic E-state index is 0.740. The number of morpholine rings is 2. The fourth-order valence-corrected chi connectivity index (χ4v) is 4.28. The quantitative estimate of drug-likeness (QED) is 0.813. The second-order valence-electron chi connectivity index (χ2n) is 7.38. The maximum absolute atomic E-state index is 5.58. The molecule has 27 heavy (non-hydrogen) atoms. The number of ether oxygens (including phenoxy) is 2. The molecule has 0 spiro atoms. The Kier molecular flexibility index (Phi) is 4.67. The van der Waals surface area contributed by atoms with E-state index in [1.807, 2.05) is 0 Å². The monoisotopic (exact) mass is 366 g/mol. The number of nitrogens with zero attached hydrogens (tertiary/aromatic N) is 4. The van der Waals surface area contributed by atoms with Crippen LogP contribution in [0, 0.1) is 0 Å². The first-order chi connectivity index (χ1) is 13.4. The van der Waals surface area contributed by atoms with Crippen molar-refractivity contribution in [1.29, 1.82) is 0 Å². The van der Waals surface area contributed by atoms with Gasteiger partial charge in [0.1, 0.15) is 5.82 Å². The van der Waals surface area contributed by atoms with E-state index in [-0.39, 0.29) is 0 Å². The Hall–Kier alpha value is -2.18. The average Bonchev–Trinajstić information content (AvgIpc) is 2.94. The Morgan fingerprint density at radius 2 is 1.48 bits per heavy atom. The fraction of sp³-hybridized carbons (Fsp3) is 0.524. The highest BCUT2D eigenvalue weighted by atomic mass is 16.5. The van der Waals surface area contributed by atoms with Crippen molar-refractivity contribution in [1.82, 2.24) is 9.97 Å². The van der Waals surface area contributed by atoms with Gasteiger partial charge in [0.25, 0.3) is 0 Å². The van der Waals surface area contributed by atoms with E-state index >= 15 is 0 Å². The zero-order valence-corrected chi connectivity index (χ0v) is 15.7. The van der Waals surface area contributed by atoms with Crippen molar-refractivity contribution in [2.45, 2.75) is 19.3 Å². The van der Waals surface area contributed by atoms with Gasteiger partial charge in [0, 0.05) is 37.3 Å². The highest BCUT2D eigenvalue weighted by molar-refractivity contribution is 5.74. The highest BCUT2D eigenvalue weighted by Gasteiger charge is 2.26. The van der Waals surface area contributed by atoms with Crippen molar-refractivity contribution in [2.24, 2.45) is 0 Å². The van der Waals surface area contributed by atoms with Crippen molar-refractivity contribution < 1.29 is 9.47 Å². The van der Waals surface area contributed by atoms with Crippen molar-refractivity contribution in [3.63, 3.8) is 0 Å². The first-order valence-electron chi connectivity index (χ1n) is 10.0. The number of fused-ring (bicyclic) bond motifs is 3. The molecule has 0 unspecified atom stereocenters. The zero-order chi connectivity index (χ0) is 18.1. The molecule has 1 aliphatic carbocycles. The van der Waals surface area contributed by atoms with E-state index in [0.29, 0.717) is 0 Å². The highest BCUT2D eigenvalue weighted by Crippen LogP contribution is 2.37. The number of aryl methyl sites for hydroxylation is 1. The van der Waals surface area contributed by atoms with E-state index in [1.165, 1.54) is 16.7 Å². The third-order valence-corrected chi connectivity index (χ3v) is 5.72. The molecule has 2 fully saturated rings. The molecule has 142 valence electrons. The molecule has 0 amide bonds. The van der Waals surface area contributed by atoms with Crippen molar-refractivity contribution >= 4 is 11.8 Å². The summed E-state index contributed by atoms with van der Waals surface area (Å²) in [5, 5.41) is 0.